The molecule has 1 aliphatic heterocycles. The van der Waals surface area contributed by atoms with Crippen molar-refractivity contribution in [3.05, 3.63) is 0 Å². The van der Waals surface area contributed by atoms with Gasteiger partial charge in [-0.1, -0.05) is 0 Å². The molecule has 100 valence electrons. The van der Waals surface area contributed by atoms with Gasteiger partial charge in [0.2, 0.25) is 11.8 Å². The molecule has 1 rings (SSSR count). The second-order valence-electron chi connectivity index (χ2n) is 4.22. The molecule has 7 nitrogen and oxygen atoms in total. The first kappa shape index (κ1) is 14.1. The van der Waals surface area contributed by atoms with E-state index in [1.807, 2.05) is 0 Å². The molecule has 0 aromatic heterocycles. The van der Waals surface area contributed by atoms with Crippen molar-refractivity contribution >= 4 is 23.7 Å². The highest BCUT2D eigenvalue weighted by Gasteiger charge is 2.36. The van der Waals surface area contributed by atoms with E-state index >= 15 is 0 Å². The number of aliphatic carboxylic acids is 1. The van der Waals surface area contributed by atoms with E-state index in [0.717, 1.165) is 4.90 Å². The predicted octanol–water partition coefficient (Wildman–Crippen LogP) is -0.495. The summed E-state index contributed by atoms with van der Waals surface area (Å²) in [6.07, 6.45) is 1.05. The lowest BCUT2D eigenvalue weighted by atomic mass is 10.1. The fraction of sp³-hybridized carbons (Fsp3) is 0.636. The molecule has 0 spiro atoms. The van der Waals surface area contributed by atoms with Crippen LogP contribution in [0.4, 0.5) is 0 Å². The van der Waals surface area contributed by atoms with E-state index in [1.54, 1.807) is 0 Å². The molecule has 0 saturated carbocycles. The second kappa shape index (κ2) is 6.13. The largest absolute Gasteiger partial charge is 0.481 e. The number of likely N-dealkylation sites (tertiary alicyclic amines) is 1. The highest BCUT2D eigenvalue weighted by atomic mass is 16.4. The van der Waals surface area contributed by atoms with E-state index in [1.165, 1.54) is 7.05 Å². The molecule has 18 heavy (non-hydrogen) atoms. The van der Waals surface area contributed by atoms with E-state index in [2.05, 4.69) is 5.32 Å². The van der Waals surface area contributed by atoms with Crippen molar-refractivity contribution in [1.82, 2.24) is 10.2 Å². The lowest BCUT2D eigenvalue weighted by molar-refractivity contribution is -0.138. The summed E-state index contributed by atoms with van der Waals surface area (Å²) >= 11 is 0. The third kappa shape index (κ3) is 3.83. The average Bonchev–Trinajstić information content (AvgIpc) is 2.52. The van der Waals surface area contributed by atoms with Gasteiger partial charge >= 0.3 is 5.97 Å². The third-order valence-electron chi connectivity index (χ3n) is 2.76. The van der Waals surface area contributed by atoms with Crippen LogP contribution in [0.15, 0.2) is 0 Å². The van der Waals surface area contributed by atoms with Crippen LogP contribution in [-0.4, -0.2) is 46.8 Å². The van der Waals surface area contributed by atoms with Gasteiger partial charge in [-0.05, 0) is 12.8 Å². The molecular formula is C11H16N2O5. The fourth-order valence-electron chi connectivity index (χ4n) is 1.70. The Morgan fingerprint density at radius 2 is 1.94 bits per heavy atom. The summed E-state index contributed by atoms with van der Waals surface area (Å²) in [4.78, 5) is 45.4. The lowest BCUT2D eigenvalue weighted by Crippen LogP contribution is -2.40. The number of carbonyl (C=O) groups is 4. The molecule has 0 bridgehead atoms. The molecule has 0 aliphatic carbocycles. The van der Waals surface area contributed by atoms with Gasteiger partial charge in [0, 0.05) is 19.9 Å². The first-order valence-electron chi connectivity index (χ1n) is 5.73. The van der Waals surface area contributed by atoms with E-state index in [-0.39, 0.29) is 31.1 Å². The van der Waals surface area contributed by atoms with Gasteiger partial charge in [-0.2, -0.15) is 0 Å². The highest BCUT2D eigenvalue weighted by Crippen LogP contribution is 2.11. The van der Waals surface area contributed by atoms with E-state index in [0.29, 0.717) is 12.8 Å². The Kier molecular flexibility index (Phi) is 4.82. The van der Waals surface area contributed by atoms with Gasteiger partial charge in [0.05, 0.1) is 6.42 Å². The molecule has 3 amide bonds. The number of nitrogens with zero attached hydrogens (tertiary/aromatic N) is 1. The minimum atomic E-state index is -0.895. The Balaban J connectivity index is 2.27. The van der Waals surface area contributed by atoms with Gasteiger partial charge in [0.25, 0.3) is 5.91 Å². The zero-order valence-electron chi connectivity index (χ0n) is 10.1. The molecule has 1 unspecified atom stereocenters. The summed E-state index contributed by atoms with van der Waals surface area (Å²) in [7, 11) is 1.38. The molecular weight excluding hydrogens is 240 g/mol. The molecule has 1 aliphatic rings. The van der Waals surface area contributed by atoms with Gasteiger partial charge in [-0.3, -0.25) is 24.1 Å². The number of likely N-dealkylation sites (N-methyl/N-ethyl adjacent to an activating group) is 1. The standard InChI is InChI=1S/C11H16N2O5/c1-13-9(15)6-7(11(13)18)12-8(14)4-2-3-5-10(16)17/h7H,2-6H2,1H3,(H,12,14)(H,16,17). The number of carbonyl (C=O) groups excluding carboxylic acids is 3. The minimum Gasteiger partial charge on any atom is -0.481 e. The van der Waals surface area contributed by atoms with Gasteiger partial charge in [0.15, 0.2) is 0 Å². The van der Waals surface area contributed by atoms with E-state index in [4.69, 9.17) is 5.11 Å². The highest BCUT2D eigenvalue weighted by molar-refractivity contribution is 6.06. The Labute approximate surface area is 104 Å². The number of carboxylic acids is 1. The maximum absolute atomic E-state index is 11.5. The van der Waals surface area contributed by atoms with Crippen molar-refractivity contribution in [2.75, 3.05) is 7.05 Å². The number of imide groups is 1. The molecule has 0 aromatic rings. The smallest absolute Gasteiger partial charge is 0.303 e. The van der Waals surface area contributed by atoms with Crippen LogP contribution in [-0.2, 0) is 19.2 Å². The van der Waals surface area contributed by atoms with Crippen molar-refractivity contribution in [3.63, 3.8) is 0 Å². The Hall–Kier alpha value is -1.92. The Morgan fingerprint density at radius 3 is 2.44 bits per heavy atom. The Bertz CT molecular complexity index is 380. The zero-order chi connectivity index (χ0) is 13.7. The van der Waals surface area contributed by atoms with Crippen molar-refractivity contribution < 1.29 is 24.3 Å². The molecule has 2 N–H and O–H groups in total. The van der Waals surface area contributed by atoms with Crippen molar-refractivity contribution in [3.8, 4) is 0 Å². The van der Waals surface area contributed by atoms with E-state index < -0.39 is 17.9 Å². The molecule has 1 saturated heterocycles. The predicted molar refractivity (Wildman–Crippen MR) is 60.4 cm³/mol. The molecule has 1 atom stereocenters. The molecule has 1 heterocycles. The lowest BCUT2D eigenvalue weighted by Gasteiger charge is -2.10. The molecule has 0 aromatic carbocycles. The van der Waals surface area contributed by atoms with Crippen LogP contribution in [0.2, 0.25) is 0 Å². The first-order valence-corrected chi connectivity index (χ1v) is 5.73. The quantitative estimate of drug-likeness (QED) is 0.492. The van der Waals surface area contributed by atoms with Gasteiger partial charge < -0.3 is 10.4 Å². The van der Waals surface area contributed by atoms with Gasteiger partial charge in [-0.15, -0.1) is 0 Å². The summed E-state index contributed by atoms with van der Waals surface area (Å²) < 4.78 is 0. The third-order valence-corrected chi connectivity index (χ3v) is 2.76. The minimum absolute atomic E-state index is 0.00377. The fourth-order valence-corrected chi connectivity index (χ4v) is 1.70. The number of unbranched alkanes of at least 4 members (excludes halogenated alkanes) is 1. The van der Waals surface area contributed by atoms with Gasteiger partial charge in [-0.25, -0.2) is 0 Å². The zero-order valence-corrected chi connectivity index (χ0v) is 10.1. The summed E-state index contributed by atoms with van der Waals surface area (Å²) in [5.41, 5.74) is 0. The first-order chi connectivity index (χ1) is 8.41. The van der Waals surface area contributed by atoms with Gasteiger partial charge in [0.1, 0.15) is 6.04 Å². The number of carboxylic acid groups (broad SMARTS) is 1. The molecule has 0 radical (unpaired) electrons. The van der Waals surface area contributed by atoms with Crippen LogP contribution >= 0.6 is 0 Å². The summed E-state index contributed by atoms with van der Waals surface area (Å²) in [5, 5.41) is 10.9. The molecule has 7 heteroatoms. The maximum atomic E-state index is 11.5. The maximum Gasteiger partial charge on any atom is 0.303 e. The SMILES string of the molecule is CN1C(=O)CC(NC(=O)CCCCC(=O)O)C1=O. The number of hydrogen-bond acceptors (Lipinski definition) is 4. The monoisotopic (exact) mass is 256 g/mol. The van der Waals surface area contributed by atoms with Crippen LogP contribution in [0.5, 0.6) is 0 Å². The normalized spacial score (nSPS) is 19.2. The summed E-state index contributed by atoms with van der Waals surface area (Å²) in [6, 6.07) is -0.769. The second-order valence-corrected chi connectivity index (χ2v) is 4.22. The topological polar surface area (TPSA) is 104 Å². The van der Waals surface area contributed by atoms with Crippen molar-refractivity contribution in [2.24, 2.45) is 0 Å². The summed E-state index contributed by atoms with van der Waals surface area (Å²) in [6.45, 7) is 0. The van der Waals surface area contributed by atoms with Crippen LogP contribution < -0.4 is 5.32 Å². The van der Waals surface area contributed by atoms with E-state index in [9.17, 15) is 19.2 Å². The number of nitrogens with one attached hydrogen (secondary N) is 1. The van der Waals surface area contributed by atoms with Crippen LogP contribution in [0.3, 0.4) is 0 Å². The number of rotatable bonds is 6. The van der Waals surface area contributed by atoms with Crippen LogP contribution in [0.25, 0.3) is 0 Å². The van der Waals surface area contributed by atoms with Crippen molar-refractivity contribution in [1.29, 1.82) is 0 Å². The van der Waals surface area contributed by atoms with Crippen LogP contribution in [0.1, 0.15) is 32.1 Å². The average molecular weight is 256 g/mol. The number of hydrogen-bond donors (Lipinski definition) is 2. The molecule has 1 fully saturated rings. The summed E-state index contributed by atoms with van der Waals surface area (Å²) in [5.74, 6) is -1.94. The van der Waals surface area contributed by atoms with Crippen molar-refractivity contribution in [2.45, 2.75) is 38.1 Å². The number of amides is 3. The van der Waals surface area contributed by atoms with Crippen LogP contribution in [0, 0.1) is 0 Å². The Morgan fingerprint density at radius 1 is 1.33 bits per heavy atom.